The van der Waals surface area contributed by atoms with Crippen molar-refractivity contribution in [1.82, 2.24) is 4.98 Å². The number of thiazole rings is 1. The van der Waals surface area contributed by atoms with E-state index in [1.807, 2.05) is 19.2 Å². The lowest BCUT2D eigenvalue weighted by atomic mass is 10.3. The number of sulfonamides is 1. The van der Waals surface area contributed by atoms with E-state index in [9.17, 15) is 8.42 Å². The highest BCUT2D eigenvalue weighted by molar-refractivity contribution is 7.94. The first kappa shape index (κ1) is 17.9. The molecule has 0 unspecified atom stereocenters. The molecule has 0 saturated heterocycles. The Morgan fingerprint density at radius 3 is 2.52 bits per heavy atom. The molecule has 1 aromatic carbocycles. The predicted molar refractivity (Wildman–Crippen MR) is 103 cm³/mol. The van der Waals surface area contributed by atoms with E-state index in [2.05, 4.69) is 9.71 Å². The summed E-state index contributed by atoms with van der Waals surface area (Å²) >= 11 is 2.75. The van der Waals surface area contributed by atoms with E-state index in [-0.39, 0.29) is 4.21 Å². The van der Waals surface area contributed by atoms with Crippen LogP contribution in [0, 0.1) is 0 Å². The summed E-state index contributed by atoms with van der Waals surface area (Å²) in [5.74, 6) is 0.708. The Bertz CT molecular complexity index is 944. The number of hydrogen-bond acceptors (Lipinski definition) is 6. The molecule has 8 heteroatoms. The number of nitrogens with one attached hydrogen (secondary N) is 1. The summed E-state index contributed by atoms with van der Waals surface area (Å²) in [6, 6.07) is 10.3. The molecule has 0 bridgehead atoms. The van der Waals surface area contributed by atoms with Gasteiger partial charge in [0.05, 0.1) is 17.2 Å². The fourth-order valence-electron chi connectivity index (χ4n) is 2.15. The van der Waals surface area contributed by atoms with Gasteiger partial charge in [-0.25, -0.2) is 13.4 Å². The molecule has 0 atom stereocenters. The zero-order valence-electron chi connectivity index (χ0n) is 13.9. The monoisotopic (exact) mass is 394 g/mol. The highest BCUT2D eigenvalue weighted by Crippen LogP contribution is 2.33. The number of rotatable bonds is 7. The average molecular weight is 395 g/mol. The van der Waals surface area contributed by atoms with Gasteiger partial charge in [-0.1, -0.05) is 6.92 Å². The van der Waals surface area contributed by atoms with E-state index in [1.165, 1.54) is 22.7 Å². The van der Waals surface area contributed by atoms with E-state index in [1.54, 1.807) is 36.4 Å². The number of aryl methyl sites for hydroxylation is 1. The van der Waals surface area contributed by atoms with Crippen LogP contribution in [-0.2, 0) is 16.4 Å². The number of anilines is 1. The molecule has 0 aliphatic carbocycles. The van der Waals surface area contributed by atoms with Gasteiger partial charge in [-0.3, -0.25) is 4.72 Å². The molecule has 0 fully saturated rings. The molecule has 0 aliphatic rings. The largest absolute Gasteiger partial charge is 0.494 e. The predicted octanol–water partition coefficient (Wildman–Crippen LogP) is 4.63. The van der Waals surface area contributed by atoms with E-state index >= 15 is 0 Å². The quantitative estimate of drug-likeness (QED) is 0.634. The van der Waals surface area contributed by atoms with Gasteiger partial charge in [0.1, 0.15) is 15.0 Å². The minimum absolute atomic E-state index is 0.268. The standard InChI is InChI=1S/C17H18N2O3S3/c1-3-12-11-23-17(18-12)15-9-10-16(24-15)25(20,21)19-13-5-7-14(8-6-13)22-4-2/h5-11,19H,3-4H2,1-2H3. The molecule has 5 nitrogen and oxygen atoms in total. The third-order valence-corrected chi connectivity index (χ3v) is 7.41. The van der Waals surface area contributed by atoms with Crippen molar-refractivity contribution in [3.8, 4) is 15.6 Å². The molecule has 25 heavy (non-hydrogen) atoms. The van der Waals surface area contributed by atoms with Gasteiger partial charge in [-0.05, 0) is 49.7 Å². The molecule has 2 aromatic heterocycles. The van der Waals surface area contributed by atoms with Crippen LogP contribution in [0.4, 0.5) is 5.69 Å². The van der Waals surface area contributed by atoms with Crippen molar-refractivity contribution in [3.63, 3.8) is 0 Å². The second-order valence-corrected chi connectivity index (χ2v) is 9.03. The number of aromatic nitrogens is 1. The molecule has 0 aliphatic heterocycles. The van der Waals surface area contributed by atoms with Gasteiger partial charge < -0.3 is 4.74 Å². The number of ether oxygens (including phenoxy) is 1. The molecule has 0 radical (unpaired) electrons. The van der Waals surface area contributed by atoms with Crippen molar-refractivity contribution in [2.75, 3.05) is 11.3 Å². The highest BCUT2D eigenvalue weighted by atomic mass is 32.2. The van der Waals surface area contributed by atoms with Crippen LogP contribution in [0.5, 0.6) is 5.75 Å². The van der Waals surface area contributed by atoms with Crippen LogP contribution in [-0.4, -0.2) is 20.0 Å². The SMILES string of the molecule is CCOc1ccc(NS(=O)(=O)c2ccc(-c3nc(CC)cs3)s2)cc1. The molecule has 3 aromatic rings. The lowest BCUT2D eigenvalue weighted by Gasteiger charge is -2.07. The number of benzene rings is 1. The Labute approximate surface area is 155 Å². The van der Waals surface area contributed by atoms with Crippen LogP contribution in [0.15, 0.2) is 46.0 Å². The third kappa shape index (κ3) is 4.20. The number of thiophene rings is 1. The first-order valence-corrected chi connectivity index (χ1v) is 11.0. The van der Waals surface area contributed by atoms with Crippen LogP contribution < -0.4 is 9.46 Å². The summed E-state index contributed by atoms with van der Waals surface area (Å²) in [4.78, 5) is 5.36. The smallest absolute Gasteiger partial charge is 0.271 e. The van der Waals surface area contributed by atoms with Crippen LogP contribution in [0.2, 0.25) is 0 Å². The molecular weight excluding hydrogens is 376 g/mol. The molecular formula is C17H18N2O3S3. The van der Waals surface area contributed by atoms with Gasteiger partial charge in [0, 0.05) is 11.1 Å². The van der Waals surface area contributed by atoms with Gasteiger partial charge in [0.15, 0.2) is 0 Å². The number of hydrogen-bond donors (Lipinski definition) is 1. The van der Waals surface area contributed by atoms with Gasteiger partial charge in [-0.15, -0.1) is 22.7 Å². The topological polar surface area (TPSA) is 68.3 Å². The van der Waals surface area contributed by atoms with Crippen LogP contribution in [0.3, 0.4) is 0 Å². The van der Waals surface area contributed by atoms with E-state index in [0.29, 0.717) is 18.0 Å². The number of nitrogens with zero attached hydrogens (tertiary/aromatic N) is 1. The summed E-state index contributed by atoms with van der Waals surface area (Å²) in [5.41, 5.74) is 1.52. The van der Waals surface area contributed by atoms with Crippen LogP contribution in [0.1, 0.15) is 19.5 Å². The maximum absolute atomic E-state index is 12.6. The molecule has 0 amide bonds. The Balaban J connectivity index is 1.78. The van der Waals surface area contributed by atoms with E-state index in [4.69, 9.17) is 4.74 Å². The Hall–Kier alpha value is -1.90. The normalized spacial score (nSPS) is 11.4. The molecule has 132 valence electrons. The lowest BCUT2D eigenvalue weighted by molar-refractivity contribution is 0.340. The zero-order chi connectivity index (χ0) is 17.9. The first-order valence-electron chi connectivity index (χ1n) is 7.82. The van der Waals surface area contributed by atoms with Gasteiger partial charge >= 0.3 is 0 Å². The van der Waals surface area contributed by atoms with Crippen molar-refractivity contribution in [3.05, 3.63) is 47.5 Å². The van der Waals surface area contributed by atoms with Gasteiger partial charge in [0.25, 0.3) is 10.0 Å². The summed E-state index contributed by atoms with van der Waals surface area (Å²) < 4.78 is 33.4. The fraction of sp³-hybridized carbons (Fsp3) is 0.235. The summed E-state index contributed by atoms with van der Waals surface area (Å²) in [6.07, 6.45) is 0.867. The molecule has 1 N–H and O–H groups in total. The minimum atomic E-state index is -3.62. The zero-order valence-corrected chi connectivity index (χ0v) is 16.3. The maximum atomic E-state index is 12.6. The van der Waals surface area contributed by atoms with Gasteiger partial charge in [-0.2, -0.15) is 0 Å². The average Bonchev–Trinajstić information content (AvgIpc) is 3.26. The van der Waals surface area contributed by atoms with Crippen molar-refractivity contribution in [1.29, 1.82) is 0 Å². The molecule has 3 rings (SSSR count). The summed E-state index contributed by atoms with van der Waals surface area (Å²) in [5, 5.41) is 2.85. The summed E-state index contributed by atoms with van der Waals surface area (Å²) in [7, 11) is -3.62. The second-order valence-electron chi connectivity index (χ2n) is 5.18. The van der Waals surface area contributed by atoms with E-state index in [0.717, 1.165) is 22.0 Å². The maximum Gasteiger partial charge on any atom is 0.271 e. The fourth-order valence-corrected chi connectivity index (χ4v) is 5.49. The highest BCUT2D eigenvalue weighted by Gasteiger charge is 2.18. The van der Waals surface area contributed by atoms with Crippen LogP contribution >= 0.6 is 22.7 Å². The summed E-state index contributed by atoms with van der Waals surface area (Å²) in [6.45, 7) is 4.51. The Kier molecular flexibility index (Phi) is 5.41. The van der Waals surface area contributed by atoms with Crippen molar-refractivity contribution < 1.29 is 13.2 Å². The Morgan fingerprint density at radius 2 is 1.88 bits per heavy atom. The minimum Gasteiger partial charge on any atom is -0.494 e. The lowest BCUT2D eigenvalue weighted by Crippen LogP contribution is -2.11. The second kappa shape index (κ2) is 7.55. The van der Waals surface area contributed by atoms with Crippen LogP contribution in [0.25, 0.3) is 9.88 Å². The molecule has 2 heterocycles. The van der Waals surface area contributed by atoms with Crippen molar-refractivity contribution in [2.24, 2.45) is 0 Å². The van der Waals surface area contributed by atoms with Gasteiger partial charge in [0.2, 0.25) is 0 Å². The Morgan fingerprint density at radius 1 is 1.12 bits per heavy atom. The first-order chi connectivity index (χ1) is 12.0. The van der Waals surface area contributed by atoms with E-state index < -0.39 is 10.0 Å². The van der Waals surface area contributed by atoms with Crippen molar-refractivity contribution >= 4 is 38.4 Å². The molecule has 0 saturated carbocycles. The van der Waals surface area contributed by atoms with Crippen molar-refractivity contribution in [2.45, 2.75) is 24.5 Å². The third-order valence-electron chi connectivity index (χ3n) is 3.39. The molecule has 0 spiro atoms.